The number of alkyl halides is 1. The molecule has 0 N–H and O–H groups in total. The fraction of sp³-hybridized carbons (Fsp3) is 0.600. The van der Waals surface area contributed by atoms with Crippen molar-refractivity contribution in [2.24, 2.45) is 5.92 Å². The molecule has 0 radical (unpaired) electrons. The predicted octanol–water partition coefficient (Wildman–Crippen LogP) is 3.83. The topological polar surface area (TPSA) is 12.5 Å². The van der Waals surface area contributed by atoms with E-state index in [0.29, 0.717) is 12.3 Å². The van der Waals surface area contributed by atoms with Gasteiger partial charge < -0.3 is 4.74 Å². The van der Waals surface area contributed by atoms with Crippen LogP contribution in [0, 0.1) is 11.7 Å². The van der Waals surface area contributed by atoms with Crippen LogP contribution in [0.5, 0.6) is 5.75 Å². The number of likely N-dealkylation sites (tertiary alicyclic amines) is 1. The first-order valence-corrected chi connectivity index (χ1v) is 7.96. The summed E-state index contributed by atoms with van der Waals surface area (Å²) in [4.78, 5) is 2.36. The highest BCUT2D eigenvalue weighted by atomic mass is 79.9. The summed E-state index contributed by atoms with van der Waals surface area (Å²) in [5, 5.41) is 1.05. The molecule has 0 amide bonds. The Balaban J connectivity index is 2.00. The van der Waals surface area contributed by atoms with Gasteiger partial charge in [-0.2, -0.15) is 0 Å². The molecule has 1 saturated heterocycles. The first kappa shape index (κ1) is 14.8. The van der Waals surface area contributed by atoms with Crippen molar-refractivity contribution < 1.29 is 9.13 Å². The summed E-state index contributed by atoms with van der Waals surface area (Å²) in [6.07, 6.45) is 3.71. The number of halogens is 2. The van der Waals surface area contributed by atoms with Crippen LogP contribution in [-0.4, -0.2) is 30.4 Å². The molecular formula is C15H21BrFNO. The number of piperidine rings is 1. The minimum absolute atomic E-state index is 0.215. The van der Waals surface area contributed by atoms with Gasteiger partial charge in [-0.25, -0.2) is 4.39 Å². The van der Waals surface area contributed by atoms with Crippen molar-refractivity contribution in [3.63, 3.8) is 0 Å². The van der Waals surface area contributed by atoms with Crippen LogP contribution >= 0.6 is 15.9 Å². The highest BCUT2D eigenvalue weighted by molar-refractivity contribution is 9.09. The second kappa shape index (κ2) is 7.25. The molecule has 0 aliphatic carbocycles. The lowest BCUT2D eigenvalue weighted by Crippen LogP contribution is -2.35. The minimum atomic E-state index is -0.215. The number of nitrogens with zero attached hydrogens (tertiary/aromatic N) is 1. The van der Waals surface area contributed by atoms with E-state index in [-0.39, 0.29) is 5.82 Å². The van der Waals surface area contributed by atoms with Crippen molar-refractivity contribution in [3.05, 3.63) is 29.6 Å². The van der Waals surface area contributed by atoms with Gasteiger partial charge in [-0.15, -0.1) is 0 Å². The second-order valence-electron chi connectivity index (χ2n) is 5.15. The monoisotopic (exact) mass is 329 g/mol. The second-order valence-corrected chi connectivity index (χ2v) is 5.95. The molecule has 0 saturated carbocycles. The average molecular weight is 330 g/mol. The summed E-state index contributed by atoms with van der Waals surface area (Å²) in [7, 11) is 1.51. The van der Waals surface area contributed by atoms with Crippen molar-refractivity contribution in [1.29, 1.82) is 0 Å². The number of hydrogen-bond donors (Lipinski definition) is 0. The molecule has 1 unspecified atom stereocenters. The lowest BCUT2D eigenvalue weighted by Gasteiger charge is -2.32. The Morgan fingerprint density at radius 3 is 3.05 bits per heavy atom. The van der Waals surface area contributed by atoms with Crippen molar-refractivity contribution in [2.45, 2.75) is 25.8 Å². The van der Waals surface area contributed by atoms with Gasteiger partial charge >= 0.3 is 0 Å². The summed E-state index contributed by atoms with van der Waals surface area (Å²) in [5.41, 5.74) is 0.735. The molecule has 2 nitrogen and oxygen atoms in total. The van der Waals surface area contributed by atoms with E-state index in [1.165, 1.54) is 26.4 Å². The number of methoxy groups -OCH3 is 1. The fourth-order valence-electron chi connectivity index (χ4n) is 2.76. The van der Waals surface area contributed by atoms with Gasteiger partial charge in [0.25, 0.3) is 0 Å². The number of hydrogen-bond acceptors (Lipinski definition) is 2. The number of rotatable bonds is 5. The zero-order valence-electron chi connectivity index (χ0n) is 11.4. The SMILES string of the molecule is COc1cccc(CN2CCCC(CCBr)C2)c1F. The first-order chi connectivity index (χ1) is 9.24. The van der Waals surface area contributed by atoms with Gasteiger partial charge in [0, 0.05) is 24.0 Å². The zero-order valence-corrected chi connectivity index (χ0v) is 13.0. The molecule has 1 aromatic rings. The van der Waals surface area contributed by atoms with E-state index in [0.717, 1.165) is 29.9 Å². The van der Waals surface area contributed by atoms with Crippen LogP contribution in [0.3, 0.4) is 0 Å². The maximum atomic E-state index is 14.1. The van der Waals surface area contributed by atoms with Gasteiger partial charge in [0.2, 0.25) is 0 Å². The van der Waals surface area contributed by atoms with Gasteiger partial charge in [-0.3, -0.25) is 4.90 Å². The van der Waals surface area contributed by atoms with Gasteiger partial charge in [-0.1, -0.05) is 28.1 Å². The molecule has 1 atom stereocenters. The van der Waals surface area contributed by atoms with Crippen molar-refractivity contribution in [2.75, 3.05) is 25.5 Å². The minimum Gasteiger partial charge on any atom is -0.494 e. The smallest absolute Gasteiger partial charge is 0.169 e. The fourth-order valence-corrected chi connectivity index (χ4v) is 3.41. The molecule has 106 valence electrons. The summed E-state index contributed by atoms with van der Waals surface area (Å²) in [5.74, 6) is 0.862. The summed E-state index contributed by atoms with van der Waals surface area (Å²) in [6.45, 7) is 2.82. The normalized spacial score (nSPS) is 20.5. The van der Waals surface area contributed by atoms with Crippen LogP contribution in [0.25, 0.3) is 0 Å². The maximum absolute atomic E-state index is 14.1. The van der Waals surface area contributed by atoms with Gasteiger partial charge in [-0.05, 0) is 37.8 Å². The van der Waals surface area contributed by atoms with Gasteiger partial charge in [0.15, 0.2) is 11.6 Å². The van der Waals surface area contributed by atoms with Gasteiger partial charge in [0.05, 0.1) is 7.11 Å². The lowest BCUT2D eigenvalue weighted by molar-refractivity contribution is 0.163. The summed E-state index contributed by atoms with van der Waals surface area (Å²) in [6, 6.07) is 5.38. The van der Waals surface area contributed by atoms with E-state index >= 15 is 0 Å². The average Bonchev–Trinajstić information content (AvgIpc) is 2.42. The molecule has 0 aromatic heterocycles. The van der Waals surface area contributed by atoms with Crippen LogP contribution in [0.1, 0.15) is 24.8 Å². The molecule has 0 bridgehead atoms. The van der Waals surface area contributed by atoms with Crippen LogP contribution in [0.2, 0.25) is 0 Å². The van der Waals surface area contributed by atoms with E-state index in [1.807, 2.05) is 12.1 Å². The van der Waals surface area contributed by atoms with Crippen molar-refractivity contribution in [1.82, 2.24) is 4.90 Å². The van der Waals surface area contributed by atoms with E-state index < -0.39 is 0 Å². The molecule has 1 heterocycles. The summed E-state index contributed by atoms with van der Waals surface area (Å²) >= 11 is 3.51. The maximum Gasteiger partial charge on any atom is 0.169 e. The molecule has 1 aromatic carbocycles. The van der Waals surface area contributed by atoms with E-state index in [4.69, 9.17) is 4.74 Å². The van der Waals surface area contributed by atoms with E-state index in [2.05, 4.69) is 20.8 Å². The third kappa shape index (κ3) is 3.93. The first-order valence-electron chi connectivity index (χ1n) is 6.84. The molecule has 4 heteroatoms. The number of ether oxygens (including phenoxy) is 1. The Bertz CT molecular complexity index is 411. The number of benzene rings is 1. The third-order valence-corrected chi connectivity index (χ3v) is 4.24. The third-order valence-electron chi connectivity index (χ3n) is 3.78. The van der Waals surface area contributed by atoms with Crippen LogP contribution in [-0.2, 0) is 6.54 Å². The van der Waals surface area contributed by atoms with E-state index in [1.54, 1.807) is 6.07 Å². The van der Waals surface area contributed by atoms with Crippen LogP contribution in [0.15, 0.2) is 18.2 Å². The Hall–Kier alpha value is -0.610. The highest BCUT2D eigenvalue weighted by Gasteiger charge is 2.20. The van der Waals surface area contributed by atoms with Crippen molar-refractivity contribution in [3.8, 4) is 5.75 Å². The molecule has 19 heavy (non-hydrogen) atoms. The predicted molar refractivity (Wildman–Crippen MR) is 79.4 cm³/mol. The molecule has 2 rings (SSSR count). The Labute approximate surface area is 123 Å². The summed E-state index contributed by atoms with van der Waals surface area (Å²) < 4.78 is 19.1. The zero-order chi connectivity index (χ0) is 13.7. The Morgan fingerprint density at radius 2 is 2.32 bits per heavy atom. The lowest BCUT2D eigenvalue weighted by atomic mass is 9.95. The standard InChI is InChI=1S/C15H21BrFNO/c1-19-14-6-2-5-13(15(14)17)11-18-9-3-4-12(10-18)7-8-16/h2,5-6,12H,3-4,7-11H2,1H3. The van der Waals surface area contributed by atoms with Crippen LogP contribution < -0.4 is 4.74 Å². The molecule has 0 spiro atoms. The van der Waals surface area contributed by atoms with Crippen molar-refractivity contribution >= 4 is 15.9 Å². The molecule has 1 aliphatic rings. The Morgan fingerprint density at radius 1 is 1.47 bits per heavy atom. The molecular weight excluding hydrogens is 309 g/mol. The largest absolute Gasteiger partial charge is 0.494 e. The highest BCUT2D eigenvalue weighted by Crippen LogP contribution is 2.25. The Kier molecular flexibility index (Phi) is 5.64. The quantitative estimate of drug-likeness (QED) is 0.761. The van der Waals surface area contributed by atoms with E-state index in [9.17, 15) is 4.39 Å². The van der Waals surface area contributed by atoms with Gasteiger partial charge in [0.1, 0.15) is 0 Å². The molecule has 1 fully saturated rings. The molecule has 1 aliphatic heterocycles. The van der Waals surface area contributed by atoms with Crippen LogP contribution in [0.4, 0.5) is 4.39 Å².